The number of carbonyl (C=O) groups excluding carboxylic acids is 2. The Morgan fingerprint density at radius 3 is 2.68 bits per heavy atom. The smallest absolute Gasteiger partial charge is 0.355 e. The summed E-state index contributed by atoms with van der Waals surface area (Å²) in [4.78, 5) is 42.4. The van der Waals surface area contributed by atoms with E-state index < -0.39 is 22.3 Å². The van der Waals surface area contributed by atoms with E-state index in [0.717, 1.165) is 12.3 Å². The van der Waals surface area contributed by atoms with Crippen LogP contribution in [0.3, 0.4) is 0 Å². The lowest BCUT2D eigenvalue weighted by Crippen LogP contribution is -2.35. The quantitative estimate of drug-likeness (QED) is 0.488. The van der Waals surface area contributed by atoms with Crippen molar-refractivity contribution >= 4 is 18.1 Å². The molecule has 2 rings (SSSR count). The number of esters is 1. The van der Waals surface area contributed by atoms with E-state index in [-0.39, 0.29) is 17.0 Å². The molecule has 1 aliphatic heterocycles. The molecule has 0 saturated carbocycles. The molecular formula is C13H14N4O5. The van der Waals surface area contributed by atoms with Gasteiger partial charge in [-0.3, -0.25) is 14.9 Å². The van der Waals surface area contributed by atoms with Crippen LogP contribution in [0.25, 0.3) is 0 Å². The molecule has 9 nitrogen and oxygen atoms in total. The zero-order chi connectivity index (χ0) is 16.5. The summed E-state index contributed by atoms with van der Waals surface area (Å²) in [5.41, 5.74) is -1.93. The van der Waals surface area contributed by atoms with E-state index in [1.165, 1.54) is 38.4 Å². The van der Waals surface area contributed by atoms with Crippen molar-refractivity contribution in [3.8, 4) is 0 Å². The predicted octanol–water partition coefficient (Wildman–Crippen LogP) is 0.330. The monoisotopic (exact) mass is 306 g/mol. The van der Waals surface area contributed by atoms with Crippen molar-refractivity contribution in [3.63, 3.8) is 0 Å². The van der Waals surface area contributed by atoms with Crippen LogP contribution in [0.15, 0.2) is 29.0 Å². The second kappa shape index (κ2) is 5.43. The van der Waals surface area contributed by atoms with Crippen LogP contribution in [0.2, 0.25) is 0 Å². The maximum atomic E-state index is 11.9. The Kier molecular flexibility index (Phi) is 3.81. The van der Waals surface area contributed by atoms with Crippen LogP contribution in [-0.2, 0) is 15.1 Å². The molecular weight excluding hydrogens is 292 g/mol. The van der Waals surface area contributed by atoms with Gasteiger partial charge in [-0.2, -0.15) is 0 Å². The predicted molar refractivity (Wildman–Crippen MR) is 76.1 cm³/mol. The number of hydrogen-bond acceptors (Lipinski definition) is 6. The van der Waals surface area contributed by atoms with Gasteiger partial charge in [0.2, 0.25) is 0 Å². The molecule has 0 spiro atoms. The third-order valence-electron chi connectivity index (χ3n) is 3.25. The number of aromatic nitrogens is 1. The van der Waals surface area contributed by atoms with E-state index >= 15 is 0 Å². The molecule has 2 heterocycles. The number of amides is 1. The summed E-state index contributed by atoms with van der Waals surface area (Å²) in [7, 11) is 4.20. The first kappa shape index (κ1) is 15.4. The molecule has 1 amide bonds. The Hall–Kier alpha value is -2.97. The van der Waals surface area contributed by atoms with E-state index in [4.69, 9.17) is 0 Å². The number of hydrogen-bond donors (Lipinski definition) is 1. The number of aromatic amines is 1. The van der Waals surface area contributed by atoms with Crippen LogP contribution in [0.5, 0.6) is 0 Å². The van der Waals surface area contributed by atoms with Crippen molar-refractivity contribution in [1.29, 1.82) is 0 Å². The van der Waals surface area contributed by atoms with Gasteiger partial charge in [0.05, 0.1) is 18.9 Å². The summed E-state index contributed by atoms with van der Waals surface area (Å²) >= 11 is 0. The van der Waals surface area contributed by atoms with Crippen molar-refractivity contribution in [1.82, 2.24) is 9.88 Å². The second-order valence-electron chi connectivity index (χ2n) is 4.83. The molecule has 1 atom stereocenters. The highest BCUT2D eigenvalue weighted by Crippen LogP contribution is 2.33. The van der Waals surface area contributed by atoms with Crippen LogP contribution in [-0.4, -0.2) is 54.1 Å². The molecule has 9 heteroatoms. The highest BCUT2D eigenvalue weighted by Gasteiger charge is 2.49. The summed E-state index contributed by atoms with van der Waals surface area (Å²) in [5, 5.41) is 11.6. The zero-order valence-corrected chi connectivity index (χ0v) is 12.2. The van der Waals surface area contributed by atoms with Gasteiger partial charge in [0, 0.05) is 31.3 Å². The molecule has 1 aromatic rings. The maximum Gasteiger partial charge on any atom is 0.355 e. The van der Waals surface area contributed by atoms with Crippen molar-refractivity contribution in [3.05, 3.63) is 45.4 Å². The lowest BCUT2D eigenvalue weighted by atomic mass is 9.92. The third-order valence-corrected chi connectivity index (χ3v) is 3.25. The Morgan fingerprint density at radius 2 is 2.14 bits per heavy atom. The van der Waals surface area contributed by atoms with Crippen molar-refractivity contribution in [2.75, 3.05) is 21.2 Å². The molecule has 1 aromatic heterocycles. The largest absolute Gasteiger partial charge is 0.464 e. The number of carbonyl (C=O) groups is 2. The zero-order valence-electron chi connectivity index (χ0n) is 12.2. The van der Waals surface area contributed by atoms with E-state index in [0.29, 0.717) is 0 Å². The summed E-state index contributed by atoms with van der Waals surface area (Å²) in [6.07, 6.45) is 3.56. The number of likely N-dealkylation sites (N-methyl/N-ethyl adjacent to an activating group) is 1. The van der Waals surface area contributed by atoms with Crippen LogP contribution < -0.4 is 0 Å². The minimum Gasteiger partial charge on any atom is -0.464 e. The van der Waals surface area contributed by atoms with Crippen LogP contribution in [0.4, 0.5) is 0 Å². The molecule has 1 unspecified atom stereocenters. The number of methoxy groups -OCH3 is 1. The van der Waals surface area contributed by atoms with E-state index in [1.54, 1.807) is 0 Å². The molecule has 0 radical (unpaired) electrons. The molecule has 1 N–H and O–H groups in total. The number of nitrogens with zero attached hydrogens (tertiary/aromatic N) is 3. The third kappa shape index (κ3) is 2.26. The van der Waals surface area contributed by atoms with Crippen molar-refractivity contribution < 1.29 is 19.2 Å². The number of H-pyrrole nitrogens is 1. The Morgan fingerprint density at radius 1 is 1.45 bits per heavy atom. The van der Waals surface area contributed by atoms with Crippen LogP contribution in [0, 0.1) is 10.1 Å². The highest BCUT2D eigenvalue weighted by atomic mass is 16.6. The minimum absolute atomic E-state index is 0.0551. The van der Waals surface area contributed by atoms with Gasteiger partial charge in [0.25, 0.3) is 5.91 Å². The Bertz CT molecular complexity index is 703. The van der Waals surface area contributed by atoms with Crippen molar-refractivity contribution in [2.45, 2.75) is 5.54 Å². The van der Waals surface area contributed by atoms with E-state index in [1.807, 2.05) is 0 Å². The second-order valence-corrected chi connectivity index (χ2v) is 4.83. The van der Waals surface area contributed by atoms with Gasteiger partial charge < -0.3 is 14.6 Å². The fourth-order valence-corrected chi connectivity index (χ4v) is 2.12. The molecule has 1 aliphatic rings. The fourth-order valence-electron chi connectivity index (χ4n) is 2.12. The van der Waals surface area contributed by atoms with Crippen LogP contribution in [0.1, 0.15) is 16.1 Å². The Labute approximate surface area is 125 Å². The lowest BCUT2D eigenvalue weighted by molar-refractivity contribution is -0.539. The van der Waals surface area contributed by atoms with Gasteiger partial charge >= 0.3 is 11.5 Å². The van der Waals surface area contributed by atoms with Crippen molar-refractivity contribution in [2.24, 2.45) is 4.99 Å². The first-order chi connectivity index (χ1) is 10.3. The fraction of sp³-hybridized carbons (Fsp3) is 0.308. The Balaban J connectivity index is 2.57. The summed E-state index contributed by atoms with van der Waals surface area (Å²) < 4.78 is 4.60. The minimum atomic E-state index is -1.88. The van der Waals surface area contributed by atoms with Crippen LogP contribution >= 0.6 is 0 Å². The van der Waals surface area contributed by atoms with Gasteiger partial charge in [-0.05, 0) is 6.07 Å². The maximum absolute atomic E-state index is 11.9. The highest BCUT2D eigenvalue weighted by molar-refractivity contribution is 6.00. The summed E-state index contributed by atoms with van der Waals surface area (Å²) in [5.74, 6) is -1.20. The standard InChI is InChI=1S/C13H14N4O5/c1-16(2)11(18)9-6-13(7-15-9,17(20)21)8-4-5-14-10(8)12(19)22-3/h4-7,14H,1-3H3. The topological polar surface area (TPSA) is 118 Å². The molecule has 0 bridgehead atoms. The molecule has 0 aliphatic carbocycles. The molecule has 116 valence electrons. The van der Waals surface area contributed by atoms with Gasteiger partial charge in [0.1, 0.15) is 11.4 Å². The number of aliphatic imine (C=N–C) groups is 1. The first-order valence-corrected chi connectivity index (χ1v) is 6.24. The number of rotatable bonds is 4. The molecule has 0 aromatic carbocycles. The van der Waals surface area contributed by atoms with E-state index in [9.17, 15) is 19.7 Å². The number of nitrogens with one attached hydrogen (secondary N) is 1. The lowest BCUT2D eigenvalue weighted by Gasteiger charge is -2.15. The number of ether oxygens (including phenoxy) is 1. The van der Waals surface area contributed by atoms with Gasteiger partial charge in [-0.1, -0.05) is 0 Å². The van der Waals surface area contributed by atoms with Gasteiger partial charge in [-0.25, -0.2) is 9.79 Å². The molecule has 0 saturated heterocycles. The molecule has 0 fully saturated rings. The molecule has 22 heavy (non-hydrogen) atoms. The summed E-state index contributed by atoms with van der Waals surface area (Å²) in [6.45, 7) is 0. The summed E-state index contributed by atoms with van der Waals surface area (Å²) in [6, 6.07) is 1.39. The number of nitro groups is 1. The SMILES string of the molecule is COC(=O)c1[nH]ccc1C1([N+](=O)[O-])C=NC(C(=O)N(C)C)=C1. The average molecular weight is 306 g/mol. The normalized spacial score (nSPS) is 19.7. The first-order valence-electron chi connectivity index (χ1n) is 6.24. The average Bonchev–Trinajstić information content (AvgIpc) is 3.12. The van der Waals surface area contributed by atoms with E-state index in [2.05, 4.69) is 14.7 Å². The van der Waals surface area contributed by atoms with Gasteiger partial charge in [-0.15, -0.1) is 0 Å². The van der Waals surface area contributed by atoms with Gasteiger partial charge in [0.15, 0.2) is 0 Å².